The fourth-order valence-electron chi connectivity index (χ4n) is 0.861. The van der Waals surface area contributed by atoms with Crippen LogP contribution in [0.1, 0.15) is 18.9 Å². The van der Waals surface area contributed by atoms with Gasteiger partial charge in [-0.3, -0.25) is 0 Å². The molecule has 1 aromatic rings. The molecule has 0 N–H and O–H groups in total. The van der Waals surface area contributed by atoms with E-state index in [0.717, 1.165) is 17.0 Å². The first kappa shape index (κ1) is 7.62. The molecular formula is C9H10Cl. The van der Waals surface area contributed by atoms with E-state index in [1.54, 1.807) is 0 Å². The van der Waals surface area contributed by atoms with Crippen LogP contribution >= 0.6 is 11.6 Å². The molecule has 0 nitrogen and oxygen atoms in total. The van der Waals surface area contributed by atoms with E-state index in [9.17, 15) is 0 Å². The van der Waals surface area contributed by atoms with Crippen molar-refractivity contribution < 1.29 is 0 Å². The molecule has 0 aliphatic heterocycles. The van der Waals surface area contributed by atoms with Crippen molar-refractivity contribution in [2.75, 3.05) is 0 Å². The van der Waals surface area contributed by atoms with Gasteiger partial charge in [-0.15, -0.1) is 0 Å². The number of hydrogen-bond donors (Lipinski definition) is 0. The summed E-state index contributed by atoms with van der Waals surface area (Å²) in [5, 5.41) is 0.837. The van der Waals surface area contributed by atoms with E-state index < -0.39 is 0 Å². The van der Waals surface area contributed by atoms with Crippen molar-refractivity contribution in [2.24, 2.45) is 0 Å². The minimum atomic E-state index is 0.837. The monoisotopic (exact) mass is 153 g/mol. The molecule has 1 rings (SSSR count). The zero-order valence-corrected chi connectivity index (χ0v) is 6.73. The highest BCUT2D eigenvalue weighted by atomic mass is 35.5. The molecule has 0 aromatic heterocycles. The van der Waals surface area contributed by atoms with Crippen molar-refractivity contribution in [1.29, 1.82) is 0 Å². The van der Waals surface area contributed by atoms with Crippen molar-refractivity contribution >= 4 is 11.6 Å². The van der Waals surface area contributed by atoms with E-state index in [1.807, 2.05) is 24.3 Å². The molecule has 0 atom stereocenters. The van der Waals surface area contributed by atoms with Gasteiger partial charge in [0.25, 0.3) is 0 Å². The first-order valence-corrected chi connectivity index (χ1v) is 3.80. The average Bonchev–Trinajstić information content (AvgIpc) is 1.94. The third-order valence-corrected chi connectivity index (χ3v) is 1.67. The Bertz CT molecular complexity index is 206. The molecule has 0 fully saturated rings. The molecular weight excluding hydrogens is 144 g/mol. The minimum Gasteiger partial charge on any atom is -0.0840 e. The van der Waals surface area contributed by atoms with Crippen molar-refractivity contribution in [3.8, 4) is 0 Å². The Hall–Kier alpha value is -0.490. The third kappa shape index (κ3) is 1.74. The van der Waals surface area contributed by atoms with Gasteiger partial charge in [0.15, 0.2) is 0 Å². The molecule has 0 heterocycles. The smallest absolute Gasteiger partial charge is 0.0441 e. The second-order valence-corrected chi connectivity index (χ2v) is 2.54. The zero-order valence-electron chi connectivity index (χ0n) is 5.97. The largest absolute Gasteiger partial charge is 0.0840 e. The minimum absolute atomic E-state index is 0.837. The number of benzene rings is 1. The van der Waals surface area contributed by atoms with Gasteiger partial charge in [0.05, 0.1) is 0 Å². The first-order valence-electron chi connectivity index (χ1n) is 3.42. The van der Waals surface area contributed by atoms with Crippen LogP contribution in [0.5, 0.6) is 0 Å². The molecule has 0 unspecified atom stereocenters. The Morgan fingerprint density at radius 2 is 2.10 bits per heavy atom. The van der Waals surface area contributed by atoms with Crippen LogP contribution in [0.3, 0.4) is 0 Å². The van der Waals surface area contributed by atoms with Gasteiger partial charge in [-0.2, -0.15) is 0 Å². The highest BCUT2D eigenvalue weighted by molar-refractivity contribution is 6.31. The van der Waals surface area contributed by atoms with Gasteiger partial charge in [-0.05, 0) is 24.5 Å². The number of hydrogen-bond acceptors (Lipinski definition) is 0. The topological polar surface area (TPSA) is 0 Å². The lowest BCUT2D eigenvalue weighted by molar-refractivity contribution is 1.12. The normalized spacial score (nSPS) is 9.80. The molecule has 1 heteroatoms. The molecule has 0 saturated carbocycles. The maximum atomic E-state index is 5.87. The summed E-state index contributed by atoms with van der Waals surface area (Å²) in [5.74, 6) is 0. The van der Waals surface area contributed by atoms with Gasteiger partial charge in [0.2, 0.25) is 0 Å². The summed E-state index contributed by atoms with van der Waals surface area (Å²) < 4.78 is 0. The lowest BCUT2D eigenvalue weighted by Crippen LogP contribution is -1.79. The number of halogens is 1. The molecule has 0 bridgehead atoms. The van der Waals surface area contributed by atoms with Gasteiger partial charge in [0.1, 0.15) is 0 Å². The lowest BCUT2D eigenvalue weighted by atomic mass is 10.1. The van der Waals surface area contributed by atoms with E-state index >= 15 is 0 Å². The Kier molecular flexibility index (Phi) is 2.76. The van der Waals surface area contributed by atoms with E-state index in [1.165, 1.54) is 0 Å². The van der Waals surface area contributed by atoms with Gasteiger partial charge in [-0.25, -0.2) is 0 Å². The molecule has 0 aliphatic carbocycles. The van der Waals surface area contributed by atoms with E-state index in [-0.39, 0.29) is 0 Å². The molecule has 10 heavy (non-hydrogen) atoms. The fourth-order valence-corrected chi connectivity index (χ4v) is 1.07. The Morgan fingerprint density at radius 1 is 1.40 bits per heavy atom. The van der Waals surface area contributed by atoms with Crippen LogP contribution in [0.2, 0.25) is 5.02 Å². The van der Waals surface area contributed by atoms with E-state index in [0.29, 0.717) is 0 Å². The highest BCUT2D eigenvalue weighted by Crippen LogP contribution is 2.17. The zero-order chi connectivity index (χ0) is 7.40. The number of rotatable bonds is 2. The van der Waals surface area contributed by atoms with Gasteiger partial charge >= 0.3 is 0 Å². The molecule has 0 amide bonds. The molecule has 0 aliphatic rings. The van der Waals surface area contributed by atoms with Crippen LogP contribution in [0.25, 0.3) is 0 Å². The van der Waals surface area contributed by atoms with E-state index in [2.05, 4.69) is 13.3 Å². The van der Waals surface area contributed by atoms with Gasteiger partial charge in [0, 0.05) is 5.02 Å². The molecule has 1 aromatic carbocycles. The van der Waals surface area contributed by atoms with Crippen molar-refractivity contribution in [1.82, 2.24) is 0 Å². The van der Waals surface area contributed by atoms with Crippen LogP contribution in [0, 0.1) is 6.42 Å². The van der Waals surface area contributed by atoms with Crippen molar-refractivity contribution in [3.63, 3.8) is 0 Å². The summed E-state index contributed by atoms with van der Waals surface area (Å²) in [6, 6.07) is 7.86. The van der Waals surface area contributed by atoms with Gasteiger partial charge in [-0.1, -0.05) is 36.7 Å². The quantitative estimate of drug-likeness (QED) is 0.612. The fraction of sp³-hybridized carbons (Fsp3) is 0.222. The average molecular weight is 154 g/mol. The summed E-state index contributed by atoms with van der Waals surface area (Å²) in [5.41, 5.74) is 1.13. The van der Waals surface area contributed by atoms with Crippen LogP contribution < -0.4 is 0 Å². The summed E-state index contributed by atoms with van der Waals surface area (Å²) in [4.78, 5) is 0. The van der Waals surface area contributed by atoms with Crippen LogP contribution in [-0.2, 0) is 0 Å². The Labute approximate surface area is 66.8 Å². The summed E-state index contributed by atoms with van der Waals surface area (Å²) in [7, 11) is 0. The summed E-state index contributed by atoms with van der Waals surface area (Å²) in [6.07, 6.45) is 3.14. The summed E-state index contributed by atoms with van der Waals surface area (Å²) >= 11 is 5.87. The second-order valence-electron chi connectivity index (χ2n) is 2.13. The molecule has 53 valence electrons. The maximum Gasteiger partial charge on any atom is 0.0441 e. The second kappa shape index (κ2) is 3.62. The van der Waals surface area contributed by atoms with Crippen molar-refractivity contribution in [3.05, 3.63) is 41.3 Å². The first-order chi connectivity index (χ1) is 4.84. The molecule has 0 spiro atoms. The lowest BCUT2D eigenvalue weighted by Gasteiger charge is -1.98. The molecule has 0 saturated heterocycles. The molecule has 1 radical (unpaired) electrons. The van der Waals surface area contributed by atoms with Crippen LogP contribution in [0.15, 0.2) is 24.3 Å². The van der Waals surface area contributed by atoms with Gasteiger partial charge < -0.3 is 0 Å². The Balaban J connectivity index is 2.81. The van der Waals surface area contributed by atoms with Crippen molar-refractivity contribution in [2.45, 2.75) is 13.3 Å². The third-order valence-electron chi connectivity index (χ3n) is 1.33. The predicted molar refractivity (Wildman–Crippen MR) is 45.1 cm³/mol. The standard InChI is InChI=1S/C9H10Cl/c1-2-5-8-6-3-4-7-9(8)10/h3-7H,2H2,1H3. The maximum absolute atomic E-state index is 5.87. The van der Waals surface area contributed by atoms with Crippen LogP contribution in [0.4, 0.5) is 0 Å². The van der Waals surface area contributed by atoms with E-state index in [4.69, 9.17) is 11.6 Å². The highest BCUT2D eigenvalue weighted by Gasteiger charge is 1.94. The van der Waals surface area contributed by atoms with Crippen LogP contribution in [-0.4, -0.2) is 0 Å². The SMILES string of the molecule is CC[CH]c1ccccc1Cl. The predicted octanol–water partition coefficient (Wildman–Crippen LogP) is 3.30. The Morgan fingerprint density at radius 3 is 2.70 bits per heavy atom. The summed E-state index contributed by atoms with van der Waals surface area (Å²) in [6.45, 7) is 2.10.